The number of aromatic nitrogens is 5. The second-order valence-corrected chi connectivity index (χ2v) is 15.3. The number of hydrogen-bond acceptors (Lipinski definition) is 10. The summed E-state index contributed by atoms with van der Waals surface area (Å²) in [7, 11) is 5.22. The summed E-state index contributed by atoms with van der Waals surface area (Å²) in [6.45, 7) is 8.35. The zero-order valence-electron chi connectivity index (χ0n) is 33.4. The summed E-state index contributed by atoms with van der Waals surface area (Å²) in [6, 6.07) is 29.1. The monoisotopic (exact) mass is 768 g/mol. The predicted octanol–water partition coefficient (Wildman–Crippen LogP) is 7.76. The van der Waals surface area contributed by atoms with E-state index < -0.39 is 17.7 Å². The zero-order valence-corrected chi connectivity index (χ0v) is 33.4. The first kappa shape index (κ1) is 38.8. The van der Waals surface area contributed by atoms with E-state index in [1.54, 1.807) is 22.8 Å². The van der Waals surface area contributed by atoms with Crippen molar-refractivity contribution in [2.24, 2.45) is 0 Å². The lowest BCUT2D eigenvalue weighted by Gasteiger charge is -2.30. The third kappa shape index (κ3) is 8.67. The number of carbonyl (C=O) groups excluding carboxylic acids is 2. The molecule has 0 spiro atoms. The van der Waals surface area contributed by atoms with Gasteiger partial charge in [0.2, 0.25) is 5.91 Å². The molecular formula is C44H48N8O5. The van der Waals surface area contributed by atoms with Crippen LogP contribution in [0.4, 0.5) is 16.3 Å². The number of fused-ring (bicyclic) bond motifs is 1. The van der Waals surface area contributed by atoms with Gasteiger partial charge in [-0.25, -0.2) is 14.5 Å². The highest BCUT2D eigenvalue weighted by atomic mass is 16.6. The van der Waals surface area contributed by atoms with Crippen LogP contribution in [0, 0.1) is 6.92 Å². The minimum atomic E-state index is -0.797. The Bertz CT molecular complexity index is 2380. The molecule has 2 amide bonds. The lowest BCUT2D eigenvalue weighted by molar-refractivity contribution is -0.135. The van der Waals surface area contributed by atoms with Crippen LogP contribution in [0.1, 0.15) is 49.9 Å². The Balaban J connectivity index is 1.14. The molecule has 0 bridgehead atoms. The van der Waals surface area contributed by atoms with Crippen LogP contribution < -0.4 is 14.4 Å². The number of likely N-dealkylation sites (tertiary alicyclic amines) is 1. The van der Waals surface area contributed by atoms with Gasteiger partial charge in [0.25, 0.3) is 0 Å². The molecule has 0 saturated carbocycles. The quantitative estimate of drug-likeness (QED) is 0.129. The average Bonchev–Trinajstić information content (AvgIpc) is 3.89. The number of amides is 2. The summed E-state index contributed by atoms with van der Waals surface area (Å²) in [6.07, 6.45) is 3.30. The van der Waals surface area contributed by atoms with Crippen LogP contribution >= 0.6 is 0 Å². The zero-order chi connectivity index (χ0) is 40.3. The van der Waals surface area contributed by atoms with Gasteiger partial charge >= 0.3 is 12.1 Å². The van der Waals surface area contributed by atoms with E-state index in [-0.39, 0.29) is 31.0 Å². The van der Waals surface area contributed by atoms with E-state index in [1.165, 1.54) is 12.0 Å². The first-order valence-electron chi connectivity index (χ1n) is 18.9. The van der Waals surface area contributed by atoms with Crippen LogP contribution in [-0.2, 0) is 22.7 Å². The molecule has 3 heterocycles. The van der Waals surface area contributed by atoms with Crippen LogP contribution in [0.25, 0.3) is 22.0 Å². The van der Waals surface area contributed by atoms with Crippen molar-refractivity contribution in [1.29, 1.82) is 0 Å². The van der Waals surface area contributed by atoms with Crippen molar-refractivity contribution in [2.75, 3.05) is 32.6 Å². The number of ether oxygens (including phenoxy) is 3. The standard InChI is InChI=1S/C44H48N8O5/c1-29-17-19-32(50(6)40-21-22-45-42(46-40)55-7)23-35(29)37-27-52(48-47-37)33-24-38(51(25-33)43(54)57-44(2,3)4)41(53)49(5)26-36-34-16-12-11-15-31(34)18-20-39(36)56-28-30-13-9-8-10-14-30/h8-23,27,33,38H,24-26,28H2,1-7H3/t33?,38-/m0/s1. The van der Waals surface area contributed by atoms with E-state index in [2.05, 4.69) is 20.3 Å². The van der Waals surface area contributed by atoms with Crippen molar-refractivity contribution in [3.8, 4) is 23.0 Å². The molecule has 2 aromatic heterocycles. The molecule has 13 nitrogen and oxygen atoms in total. The Morgan fingerprint density at radius 1 is 0.947 bits per heavy atom. The molecule has 1 aliphatic heterocycles. The number of methoxy groups -OCH3 is 1. The van der Waals surface area contributed by atoms with Gasteiger partial charge in [-0.05, 0) is 73.9 Å². The van der Waals surface area contributed by atoms with E-state index in [4.69, 9.17) is 14.2 Å². The third-order valence-electron chi connectivity index (χ3n) is 10.1. The fourth-order valence-corrected chi connectivity index (χ4v) is 7.10. The van der Waals surface area contributed by atoms with Crippen molar-refractivity contribution >= 4 is 34.3 Å². The molecule has 1 saturated heterocycles. The lowest BCUT2D eigenvalue weighted by Crippen LogP contribution is -2.47. The number of anilines is 2. The Kier molecular flexibility index (Phi) is 11.1. The van der Waals surface area contributed by atoms with Crippen molar-refractivity contribution < 1.29 is 23.8 Å². The van der Waals surface area contributed by atoms with Gasteiger partial charge in [0.1, 0.15) is 35.5 Å². The summed E-state index contributed by atoms with van der Waals surface area (Å²) in [5.41, 5.74) is 4.63. The fraction of sp³-hybridized carbons (Fsp3) is 0.318. The number of carbonyl (C=O) groups is 2. The largest absolute Gasteiger partial charge is 0.489 e. The highest BCUT2D eigenvalue weighted by Crippen LogP contribution is 2.35. The van der Waals surface area contributed by atoms with Gasteiger partial charge in [-0.3, -0.25) is 9.69 Å². The van der Waals surface area contributed by atoms with Gasteiger partial charge in [-0.15, -0.1) is 5.10 Å². The molecule has 0 radical (unpaired) electrons. The summed E-state index contributed by atoms with van der Waals surface area (Å²) < 4.78 is 19.2. The second-order valence-electron chi connectivity index (χ2n) is 15.3. The first-order valence-corrected chi connectivity index (χ1v) is 18.9. The van der Waals surface area contributed by atoms with E-state index in [9.17, 15) is 9.59 Å². The van der Waals surface area contributed by atoms with Crippen molar-refractivity contribution in [3.05, 3.63) is 120 Å². The van der Waals surface area contributed by atoms with E-state index in [1.807, 2.05) is 137 Å². The molecule has 1 fully saturated rings. The Morgan fingerprint density at radius 2 is 1.72 bits per heavy atom. The summed E-state index contributed by atoms with van der Waals surface area (Å²) in [5, 5.41) is 11.1. The average molecular weight is 769 g/mol. The number of rotatable bonds is 11. The van der Waals surface area contributed by atoms with Gasteiger partial charge in [0.15, 0.2) is 0 Å². The third-order valence-corrected chi connectivity index (χ3v) is 10.1. The highest BCUT2D eigenvalue weighted by molar-refractivity contribution is 5.90. The number of likely N-dealkylation sites (N-methyl/N-ethyl adjacent to an activating group) is 1. The number of aryl methyl sites for hydroxylation is 1. The van der Waals surface area contributed by atoms with Crippen LogP contribution in [0.15, 0.2) is 103 Å². The smallest absolute Gasteiger partial charge is 0.411 e. The normalized spacial score (nSPS) is 15.4. The Morgan fingerprint density at radius 3 is 2.49 bits per heavy atom. The first-order chi connectivity index (χ1) is 27.4. The second kappa shape index (κ2) is 16.3. The Labute approximate surface area is 332 Å². The molecule has 6 aromatic rings. The fourth-order valence-electron chi connectivity index (χ4n) is 7.10. The molecule has 4 aromatic carbocycles. The minimum absolute atomic E-state index is 0.210. The van der Waals surface area contributed by atoms with Crippen LogP contribution in [-0.4, -0.2) is 86.2 Å². The topological polar surface area (TPSA) is 128 Å². The molecule has 1 aliphatic rings. The van der Waals surface area contributed by atoms with Crippen LogP contribution in [0.3, 0.4) is 0 Å². The lowest BCUT2D eigenvalue weighted by atomic mass is 10.0. The molecule has 0 aliphatic carbocycles. The maximum atomic E-state index is 14.5. The molecule has 2 atom stereocenters. The molecular weight excluding hydrogens is 721 g/mol. The van der Waals surface area contributed by atoms with Crippen LogP contribution in [0.5, 0.6) is 11.8 Å². The number of nitrogens with zero attached hydrogens (tertiary/aromatic N) is 8. The van der Waals surface area contributed by atoms with E-state index in [0.29, 0.717) is 30.3 Å². The predicted molar refractivity (Wildman–Crippen MR) is 218 cm³/mol. The molecule has 13 heteroatoms. The van der Waals surface area contributed by atoms with Crippen molar-refractivity contribution in [2.45, 2.75) is 65.0 Å². The highest BCUT2D eigenvalue weighted by Gasteiger charge is 2.44. The number of benzene rings is 4. The van der Waals surface area contributed by atoms with Gasteiger partial charge in [-0.2, -0.15) is 4.98 Å². The molecule has 294 valence electrons. The van der Waals surface area contributed by atoms with E-state index in [0.717, 1.165) is 38.7 Å². The molecule has 57 heavy (non-hydrogen) atoms. The van der Waals surface area contributed by atoms with E-state index >= 15 is 0 Å². The number of hydrogen-bond donors (Lipinski definition) is 0. The molecule has 0 N–H and O–H groups in total. The molecule has 1 unspecified atom stereocenters. The summed E-state index contributed by atoms with van der Waals surface area (Å²) >= 11 is 0. The van der Waals surface area contributed by atoms with Gasteiger partial charge in [0, 0.05) is 56.6 Å². The Hall–Kier alpha value is -6.50. The summed E-state index contributed by atoms with van der Waals surface area (Å²) in [5.74, 6) is 1.16. The SMILES string of the molecule is COc1nccc(N(C)c2ccc(C)c(-c3cn(C4C[C@@H](C(=O)N(C)Cc5c(OCc6ccccc6)ccc6ccccc56)N(C(=O)OC(C)(C)C)C4)nn3)c2)n1. The van der Waals surface area contributed by atoms with Gasteiger partial charge in [0.05, 0.1) is 19.3 Å². The summed E-state index contributed by atoms with van der Waals surface area (Å²) in [4.78, 5) is 42.0. The van der Waals surface area contributed by atoms with Gasteiger partial charge < -0.3 is 24.0 Å². The molecule has 7 rings (SSSR count). The van der Waals surface area contributed by atoms with Crippen molar-refractivity contribution in [3.63, 3.8) is 0 Å². The van der Waals surface area contributed by atoms with Crippen molar-refractivity contribution in [1.82, 2.24) is 34.8 Å². The minimum Gasteiger partial charge on any atom is -0.489 e. The van der Waals surface area contributed by atoms with Gasteiger partial charge in [-0.1, -0.05) is 71.9 Å². The maximum Gasteiger partial charge on any atom is 0.411 e. The maximum absolute atomic E-state index is 14.5. The van der Waals surface area contributed by atoms with Crippen LogP contribution in [0.2, 0.25) is 0 Å².